The normalized spacial score (nSPS) is 11.4. The molecule has 6 heteroatoms. The Morgan fingerprint density at radius 3 is 2.55 bits per heavy atom. The number of rotatable bonds is 3. The van der Waals surface area contributed by atoms with E-state index in [9.17, 15) is 4.79 Å². The monoisotopic (exact) mass is 311 g/mol. The quantitative estimate of drug-likeness (QED) is 0.908. The van der Waals surface area contributed by atoms with Gasteiger partial charge in [-0.1, -0.05) is 29.3 Å². The van der Waals surface area contributed by atoms with Crippen molar-refractivity contribution >= 4 is 29.1 Å². The lowest BCUT2D eigenvalue weighted by Crippen LogP contribution is -2.41. The summed E-state index contributed by atoms with van der Waals surface area (Å²) in [6.45, 7) is 5.60. The van der Waals surface area contributed by atoms with E-state index in [2.05, 4.69) is 15.5 Å². The largest absolute Gasteiger partial charge is 0.343 e. The van der Waals surface area contributed by atoms with Crippen molar-refractivity contribution in [3.8, 4) is 0 Å². The van der Waals surface area contributed by atoms with Gasteiger partial charge in [-0.3, -0.25) is 9.89 Å². The van der Waals surface area contributed by atoms with Crippen LogP contribution in [0.2, 0.25) is 10.0 Å². The van der Waals surface area contributed by atoms with Gasteiger partial charge in [-0.05, 0) is 38.5 Å². The minimum atomic E-state index is -0.574. The van der Waals surface area contributed by atoms with E-state index in [-0.39, 0.29) is 5.91 Å². The van der Waals surface area contributed by atoms with Crippen molar-refractivity contribution in [1.29, 1.82) is 0 Å². The number of carbonyl (C=O) groups excluding carboxylic acids is 1. The van der Waals surface area contributed by atoms with Gasteiger partial charge in [0.15, 0.2) is 0 Å². The zero-order chi connectivity index (χ0) is 14.9. The summed E-state index contributed by atoms with van der Waals surface area (Å²) < 4.78 is 0. The highest BCUT2D eigenvalue weighted by Gasteiger charge is 2.25. The van der Waals surface area contributed by atoms with Crippen molar-refractivity contribution in [3.63, 3.8) is 0 Å². The number of hydrogen-bond donors (Lipinski definition) is 2. The fourth-order valence-electron chi connectivity index (χ4n) is 1.89. The SMILES string of the molecule is Cc1[nH]ncc1C(=O)NC(C)(C)c1ccc(Cl)c(Cl)c1. The third-order valence-electron chi connectivity index (χ3n) is 3.14. The van der Waals surface area contributed by atoms with Crippen molar-refractivity contribution in [3.05, 3.63) is 51.3 Å². The number of hydrogen-bond acceptors (Lipinski definition) is 2. The van der Waals surface area contributed by atoms with Gasteiger partial charge in [0.1, 0.15) is 0 Å². The Bertz CT molecular complexity index is 650. The molecule has 0 spiro atoms. The molecule has 0 saturated carbocycles. The molecule has 0 bridgehead atoms. The molecule has 0 aliphatic rings. The van der Waals surface area contributed by atoms with E-state index < -0.39 is 5.54 Å². The number of aryl methyl sites for hydroxylation is 1. The molecule has 1 aromatic heterocycles. The molecule has 4 nitrogen and oxygen atoms in total. The Balaban J connectivity index is 2.24. The highest BCUT2D eigenvalue weighted by molar-refractivity contribution is 6.42. The summed E-state index contributed by atoms with van der Waals surface area (Å²) in [7, 11) is 0. The van der Waals surface area contributed by atoms with Crippen molar-refractivity contribution in [2.24, 2.45) is 0 Å². The van der Waals surface area contributed by atoms with Crippen molar-refractivity contribution in [2.45, 2.75) is 26.3 Å². The first-order chi connectivity index (χ1) is 9.31. The Labute approximate surface area is 127 Å². The molecular formula is C14H15Cl2N3O. The highest BCUT2D eigenvalue weighted by atomic mass is 35.5. The minimum Gasteiger partial charge on any atom is -0.343 e. The van der Waals surface area contributed by atoms with Gasteiger partial charge in [-0.15, -0.1) is 0 Å². The molecule has 0 aliphatic carbocycles. The lowest BCUT2D eigenvalue weighted by Gasteiger charge is -2.27. The van der Waals surface area contributed by atoms with Crippen LogP contribution >= 0.6 is 23.2 Å². The summed E-state index contributed by atoms with van der Waals surface area (Å²) >= 11 is 11.9. The molecular weight excluding hydrogens is 297 g/mol. The lowest BCUT2D eigenvalue weighted by molar-refractivity contribution is 0.0911. The summed E-state index contributed by atoms with van der Waals surface area (Å²) in [6.07, 6.45) is 1.51. The van der Waals surface area contributed by atoms with Gasteiger partial charge in [-0.2, -0.15) is 5.10 Å². The van der Waals surface area contributed by atoms with Crippen LogP contribution in [0.1, 0.15) is 35.5 Å². The van der Waals surface area contributed by atoms with E-state index in [0.29, 0.717) is 15.6 Å². The van der Waals surface area contributed by atoms with Crippen LogP contribution in [-0.4, -0.2) is 16.1 Å². The molecule has 1 heterocycles. The molecule has 1 aromatic carbocycles. The smallest absolute Gasteiger partial charge is 0.255 e. The Morgan fingerprint density at radius 2 is 2.00 bits per heavy atom. The van der Waals surface area contributed by atoms with Gasteiger partial charge in [-0.25, -0.2) is 0 Å². The first-order valence-corrected chi connectivity index (χ1v) is 6.85. The molecule has 106 valence electrons. The van der Waals surface area contributed by atoms with Crippen LogP contribution in [0.4, 0.5) is 0 Å². The van der Waals surface area contributed by atoms with Crippen molar-refractivity contribution in [2.75, 3.05) is 0 Å². The van der Waals surface area contributed by atoms with E-state index in [1.807, 2.05) is 19.9 Å². The molecule has 20 heavy (non-hydrogen) atoms. The zero-order valence-corrected chi connectivity index (χ0v) is 12.9. The average molecular weight is 312 g/mol. The van der Waals surface area contributed by atoms with Crippen LogP contribution in [0.25, 0.3) is 0 Å². The summed E-state index contributed by atoms with van der Waals surface area (Å²) in [5.41, 5.74) is 1.56. The first-order valence-electron chi connectivity index (χ1n) is 6.09. The minimum absolute atomic E-state index is 0.188. The van der Waals surface area contributed by atoms with Gasteiger partial charge < -0.3 is 5.32 Å². The second kappa shape index (κ2) is 5.46. The fraction of sp³-hybridized carbons (Fsp3) is 0.286. The topological polar surface area (TPSA) is 57.8 Å². The maximum absolute atomic E-state index is 12.2. The number of halogens is 2. The van der Waals surface area contributed by atoms with Gasteiger partial charge in [0.05, 0.1) is 27.3 Å². The van der Waals surface area contributed by atoms with E-state index in [4.69, 9.17) is 23.2 Å². The average Bonchev–Trinajstić information content (AvgIpc) is 2.78. The maximum atomic E-state index is 12.2. The van der Waals surface area contributed by atoms with Gasteiger partial charge in [0.25, 0.3) is 5.91 Å². The Morgan fingerprint density at radius 1 is 1.30 bits per heavy atom. The third-order valence-corrected chi connectivity index (χ3v) is 3.88. The zero-order valence-electron chi connectivity index (χ0n) is 11.4. The van der Waals surface area contributed by atoms with E-state index in [0.717, 1.165) is 11.3 Å². The van der Waals surface area contributed by atoms with Crippen LogP contribution < -0.4 is 5.32 Å². The van der Waals surface area contributed by atoms with Gasteiger partial charge in [0.2, 0.25) is 0 Å². The Kier molecular flexibility index (Phi) is 4.06. The number of benzene rings is 1. The van der Waals surface area contributed by atoms with Crippen LogP contribution in [-0.2, 0) is 5.54 Å². The Hall–Kier alpha value is -1.52. The second-order valence-electron chi connectivity index (χ2n) is 5.12. The molecule has 2 rings (SSSR count). The van der Waals surface area contributed by atoms with Crippen LogP contribution in [0, 0.1) is 6.92 Å². The van der Waals surface area contributed by atoms with E-state index >= 15 is 0 Å². The first kappa shape index (κ1) is 14.9. The molecule has 0 fully saturated rings. The predicted octanol–water partition coefficient (Wildman–Crippen LogP) is 3.69. The molecule has 0 atom stereocenters. The number of H-pyrrole nitrogens is 1. The number of aromatic amines is 1. The summed E-state index contributed by atoms with van der Waals surface area (Å²) in [5, 5.41) is 10.5. The molecule has 1 amide bonds. The van der Waals surface area contributed by atoms with E-state index in [1.54, 1.807) is 19.1 Å². The molecule has 0 aliphatic heterocycles. The second-order valence-corrected chi connectivity index (χ2v) is 5.93. The summed E-state index contributed by atoms with van der Waals surface area (Å²) in [5.74, 6) is -0.188. The highest BCUT2D eigenvalue weighted by Crippen LogP contribution is 2.28. The van der Waals surface area contributed by atoms with Crippen molar-refractivity contribution in [1.82, 2.24) is 15.5 Å². The molecule has 2 N–H and O–H groups in total. The predicted molar refractivity (Wildman–Crippen MR) is 80.3 cm³/mol. The number of amides is 1. The van der Waals surface area contributed by atoms with Gasteiger partial charge in [0, 0.05) is 5.69 Å². The van der Waals surface area contributed by atoms with Crippen LogP contribution in [0.5, 0.6) is 0 Å². The maximum Gasteiger partial charge on any atom is 0.255 e. The number of aromatic nitrogens is 2. The summed E-state index contributed by atoms with van der Waals surface area (Å²) in [4.78, 5) is 12.2. The fourth-order valence-corrected chi connectivity index (χ4v) is 2.19. The third kappa shape index (κ3) is 2.97. The van der Waals surface area contributed by atoms with Crippen LogP contribution in [0.15, 0.2) is 24.4 Å². The summed E-state index contributed by atoms with van der Waals surface area (Å²) in [6, 6.07) is 5.32. The number of carbonyl (C=O) groups is 1. The number of nitrogens with one attached hydrogen (secondary N) is 2. The lowest BCUT2D eigenvalue weighted by atomic mass is 9.94. The molecule has 0 unspecified atom stereocenters. The van der Waals surface area contributed by atoms with Gasteiger partial charge >= 0.3 is 0 Å². The molecule has 2 aromatic rings. The number of nitrogens with zero attached hydrogens (tertiary/aromatic N) is 1. The van der Waals surface area contributed by atoms with E-state index in [1.165, 1.54) is 6.20 Å². The van der Waals surface area contributed by atoms with Crippen molar-refractivity contribution < 1.29 is 4.79 Å². The molecule has 0 radical (unpaired) electrons. The molecule has 0 saturated heterocycles. The standard InChI is InChI=1S/C14H15Cl2N3O/c1-8-10(7-17-19-8)13(20)18-14(2,3)9-4-5-11(15)12(16)6-9/h4-7H,1-3H3,(H,17,19)(H,18,20). The van der Waals surface area contributed by atoms with Crippen LogP contribution in [0.3, 0.4) is 0 Å².